The fraction of sp³-hybridized carbons (Fsp3) is 0.611. The first-order chi connectivity index (χ1) is 10.8. The second-order valence-electron chi connectivity index (χ2n) is 6.53. The van der Waals surface area contributed by atoms with E-state index in [2.05, 4.69) is 40.5 Å². The van der Waals surface area contributed by atoms with Crippen LogP contribution in [0.2, 0.25) is 0 Å². The van der Waals surface area contributed by atoms with E-state index in [4.69, 9.17) is 0 Å². The molecule has 0 aromatic heterocycles. The zero-order valence-corrected chi connectivity index (χ0v) is 13.3. The van der Waals surface area contributed by atoms with Gasteiger partial charge in [-0.15, -0.1) is 0 Å². The maximum absolute atomic E-state index is 12.3. The molecule has 1 heterocycles. The summed E-state index contributed by atoms with van der Waals surface area (Å²) in [4.78, 5) is 16.7. The quantitative estimate of drug-likeness (QED) is 0.932. The highest BCUT2D eigenvalue weighted by Gasteiger charge is 2.23. The Hall–Kier alpha value is -1.55. The molecule has 2 amide bonds. The van der Waals surface area contributed by atoms with Crippen LogP contribution in [-0.4, -0.2) is 48.1 Å². The molecule has 1 saturated carbocycles. The molecule has 0 bridgehead atoms. The van der Waals surface area contributed by atoms with Crippen molar-refractivity contribution in [3.05, 3.63) is 35.9 Å². The molecule has 1 aromatic carbocycles. The van der Waals surface area contributed by atoms with Crippen molar-refractivity contribution in [2.45, 2.75) is 44.7 Å². The molecule has 4 heteroatoms. The number of nitrogens with one attached hydrogen (secondary N) is 1. The lowest BCUT2D eigenvalue weighted by Crippen LogP contribution is -2.53. The Bertz CT molecular complexity index is 462. The van der Waals surface area contributed by atoms with Crippen molar-refractivity contribution in [3.63, 3.8) is 0 Å². The minimum atomic E-state index is 0.145. The SMILES string of the molecule is O=C(NC1CCCCC1)N1CCN(Cc2ccccc2)CC1. The van der Waals surface area contributed by atoms with Crippen molar-refractivity contribution in [2.24, 2.45) is 0 Å². The average Bonchev–Trinajstić information content (AvgIpc) is 2.57. The number of benzene rings is 1. The monoisotopic (exact) mass is 301 g/mol. The fourth-order valence-corrected chi connectivity index (χ4v) is 3.46. The Balaban J connectivity index is 1.42. The smallest absolute Gasteiger partial charge is 0.317 e. The van der Waals surface area contributed by atoms with Gasteiger partial charge in [0.05, 0.1) is 0 Å². The van der Waals surface area contributed by atoms with Crippen LogP contribution in [0.15, 0.2) is 30.3 Å². The average molecular weight is 301 g/mol. The summed E-state index contributed by atoms with van der Waals surface area (Å²) in [6.07, 6.45) is 6.15. The Labute approximate surface area is 133 Å². The van der Waals surface area contributed by atoms with Crippen LogP contribution >= 0.6 is 0 Å². The molecule has 0 atom stereocenters. The van der Waals surface area contributed by atoms with Gasteiger partial charge in [0.15, 0.2) is 0 Å². The first-order valence-electron chi connectivity index (χ1n) is 8.63. The third kappa shape index (κ3) is 4.23. The lowest BCUT2D eigenvalue weighted by atomic mass is 9.96. The molecule has 2 fully saturated rings. The van der Waals surface area contributed by atoms with Crippen LogP contribution in [0.3, 0.4) is 0 Å². The zero-order chi connectivity index (χ0) is 15.2. The Morgan fingerprint density at radius 3 is 2.36 bits per heavy atom. The molecule has 3 rings (SSSR count). The van der Waals surface area contributed by atoms with Crippen LogP contribution < -0.4 is 5.32 Å². The predicted molar refractivity (Wildman–Crippen MR) is 88.7 cm³/mol. The highest BCUT2D eigenvalue weighted by atomic mass is 16.2. The lowest BCUT2D eigenvalue weighted by molar-refractivity contribution is 0.132. The van der Waals surface area contributed by atoms with Crippen LogP contribution in [0.25, 0.3) is 0 Å². The van der Waals surface area contributed by atoms with E-state index in [1.54, 1.807) is 0 Å². The molecule has 1 aliphatic heterocycles. The van der Waals surface area contributed by atoms with Gasteiger partial charge in [0.2, 0.25) is 0 Å². The summed E-state index contributed by atoms with van der Waals surface area (Å²) in [5.74, 6) is 0. The van der Waals surface area contributed by atoms with Gasteiger partial charge >= 0.3 is 6.03 Å². The minimum absolute atomic E-state index is 0.145. The molecule has 2 aliphatic rings. The molecule has 1 aromatic rings. The van der Waals surface area contributed by atoms with Crippen molar-refractivity contribution in [3.8, 4) is 0 Å². The summed E-state index contributed by atoms with van der Waals surface area (Å²) in [6.45, 7) is 4.59. The van der Waals surface area contributed by atoms with Gasteiger partial charge in [0.25, 0.3) is 0 Å². The van der Waals surface area contributed by atoms with E-state index in [-0.39, 0.29) is 6.03 Å². The Kier molecular flexibility index (Phi) is 5.33. The van der Waals surface area contributed by atoms with Crippen LogP contribution in [0.1, 0.15) is 37.7 Å². The van der Waals surface area contributed by atoms with Crippen LogP contribution in [-0.2, 0) is 6.54 Å². The maximum atomic E-state index is 12.3. The van der Waals surface area contributed by atoms with Gasteiger partial charge in [0.1, 0.15) is 0 Å². The number of urea groups is 1. The van der Waals surface area contributed by atoms with E-state index < -0.39 is 0 Å². The summed E-state index contributed by atoms with van der Waals surface area (Å²) in [6, 6.07) is 11.1. The summed E-state index contributed by atoms with van der Waals surface area (Å²) in [5, 5.41) is 3.22. The van der Waals surface area contributed by atoms with E-state index in [1.807, 2.05) is 4.90 Å². The number of nitrogens with zero attached hydrogens (tertiary/aromatic N) is 2. The number of amides is 2. The maximum Gasteiger partial charge on any atom is 0.317 e. The third-order valence-electron chi connectivity index (χ3n) is 4.84. The summed E-state index contributed by atoms with van der Waals surface area (Å²) >= 11 is 0. The van der Waals surface area contributed by atoms with Crippen molar-refractivity contribution >= 4 is 6.03 Å². The highest BCUT2D eigenvalue weighted by Crippen LogP contribution is 2.18. The standard InChI is InChI=1S/C18H27N3O/c22-18(19-17-9-5-2-6-10-17)21-13-11-20(12-14-21)15-16-7-3-1-4-8-16/h1,3-4,7-8,17H,2,5-6,9-15H2,(H,19,22). The second kappa shape index (κ2) is 7.63. The van der Waals surface area contributed by atoms with Gasteiger partial charge in [-0.25, -0.2) is 4.79 Å². The fourth-order valence-electron chi connectivity index (χ4n) is 3.46. The van der Waals surface area contributed by atoms with Gasteiger partial charge in [0, 0.05) is 38.8 Å². The number of piperazine rings is 1. The van der Waals surface area contributed by atoms with Crippen molar-refractivity contribution in [1.29, 1.82) is 0 Å². The van der Waals surface area contributed by atoms with E-state index in [9.17, 15) is 4.79 Å². The number of carbonyl (C=O) groups excluding carboxylic acids is 1. The summed E-state index contributed by atoms with van der Waals surface area (Å²) in [7, 11) is 0. The van der Waals surface area contributed by atoms with Gasteiger partial charge in [-0.3, -0.25) is 4.90 Å². The number of hydrogen-bond donors (Lipinski definition) is 1. The van der Waals surface area contributed by atoms with E-state index in [0.717, 1.165) is 45.6 Å². The third-order valence-corrected chi connectivity index (χ3v) is 4.84. The van der Waals surface area contributed by atoms with Crippen LogP contribution in [0.5, 0.6) is 0 Å². The number of hydrogen-bond acceptors (Lipinski definition) is 2. The van der Waals surface area contributed by atoms with E-state index >= 15 is 0 Å². The molecule has 1 saturated heterocycles. The van der Waals surface area contributed by atoms with Crippen molar-refractivity contribution in [2.75, 3.05) is 26.2 Å². The van der Waals surface area contributed by atoms with E-state index in [1.165, 1.54) is 24.8 Å². The van der Waals surface area contributed by atoms with Crippen molar-refractivity contribution in [1.82, 2.24) is 15.1 Å². The highest BCUT2D eigenvalue weighted by molar-refractivity contribution is 5.74. The molecular formula is C18H27N3O. The van der Waals surface area contributed by atoms with Gasteiger partial charge < -0.3 is 10.2 Å². The molecule has 0 unspecified atom stereocenters. The van der Waals surface area contributed by atoms with Crippen molar-refractivity contribution < 1.29 is 4.79 Å². The summed E-state index contributed by atoms with van der Waals surface area (Å²) in [5.41, 5.74) is 1.35. The Morgan fingerprint density at radius 1 is 1.00 bits per heavy atom. The first kappa shape index (κ1) is 15.3. The lowest BCUT2D eigenvalue weighted by Gasteiger charge is -2.36. The topological polar surface area (TPSA) is 35.6 Å². The Morgan fingerprint density at radius 2 is 1.68 bits per heavy atom. The molecule has 0 radical (unpaired) electrons. The summed E-state index contributed by atoms with van der Waals surface area (Å²) < 4.78 is 0. The van der Waals surface area contributed by atoms with Gasteiger partial charge in [-0.2, -0.15) is 0 Å². The first-order valence-corrected chi connectivity index (χ1v) is 8.63. The van der Waals surface area contributed by atoms with Crippen LogP contribution in [0, 0.1) is 0 Å². The van der Waals surface area contributed by atoms with Gasteiger partial charge in [-0.1, -0.05) is 49.6 Å². The normalized spacial score (nSPS) is 20.8. The number of rotatable bonds is 3. The predicted octanol–water partition coefficient (Wildman–Crippen LogP) is 2.85. The molecule has 0 spiro atoms. The molecule has 4 nitrogen and oxygen atoms in total. The van der Waals surface area contributed by atoms with Crippen LogP contribution in [0.4, 0.5) is 4.79 Å². The molecule has 1 aliphatic carbocycles. The molecule has 120 valence electrons. The minimum Gasteiger partial charge on any atom is -0.335 e. The second-order valence-corrected chi connectivity index (χ2v) is 6.53. The van der Waals surface area contributed by atoms with Gasteiger partial charge in [-0.05, 0) is 18.4 Å². The zero-order valence-electron chi connectivity index (χ0n) is 13.3. The van der Waals surface area contributed by atoms with E-state index in [0.29, 0.717) is 6.04 Å². The molecular weight excluding hydrogens is 274 g/mol. The number of carbonyl (C=O) groups is 1. The molecule has 1 N–H and O–H groups in total. The molecule has 22 heavy (non-hydrogen) atoms. The largest absolute Gasteiger partial charge is 0.335 e.